The molecule has 0 saturated carbocycles. The average molecular weight is 371 g/mol. The van der Waals surface area contributed by atoms with Gasteiger partial charge in [-0.3, -0.25) is 4.79 Å². The molecule has 0 unspecified atom stereocenters. The minimum atomic E-state index is -0.772. The number of aliphatic carboxylic acids is 1. The lowest BCUT2D eigenvalue weighted by molar-refractivity contribution is -0.133. The van der Waals surface area contributed by atoms with Gasteiger partial charge in [0.05, 0.1) is 11.0 Å². The molecule has 0 saturated heterocycles. The van der Waals surface area contributed by atoms with Crippen LogP contribution < -0.4 is 0 Å². The summed E-state index contributed by atoms with van der Waals surface area (Å²) in [5.74, 6) is -0.671. The summed E-state index contributed by atoms with van der Waals surface area (Å²) in [6.07, 6.45) is 0. The van der Waals surface area contributed by atoms with Crippen molar-refractivity contribution in [2.24, 2.45) is 0 Å². The van der Waals surface area contributed by atoms with Gasteiger partial charge in [-0.15, -0.1) is 34.4 Å². The Morgan fingerprint density at radius 2 is 1.42 bits per heavy atom. The second-order valence-corrected chi connectivity index (χ2v) is 8.38. The molecule has 0 fully saturated rings. The Hall–Kier alpha value is -1.82. The van der Waals surface area contributed by atoms with Crippen LogP contribution in [0, 0.1) is 0 Å². The van der Waals surface area contributed by atoms with Crippen LogP contribution >= 0.6 is 34.4 Å². The Kier molecular flexibility index (Phi) is 4.31. The van der Waals surface area contributed by atoms with E-state index >= 15 is 0 Å². The number of carboxylic acid groups (broad SMARTS) is 1. The van der Waals surface area contributed by atoms with E-state index < -0.39 is 5.97 Å². The van der Waals surface area contributed by atoms with E-state index in [1.165, 1.54) is 43.1 Å². The highest BCUT2D eigenvalue weighted by atomic mass is 32.2. The summed E-state index contributed by atoms with van der Waals surface area (Å²) in [6.45, 7) is 0. The quantitative estimate of drug-likeness (QED) is 0.466. The zero-order chi connectivity index (χ0) is 16.5. The fourth-order valence-corrected chi connectivity index (χ4v) is 6.57. The lowest BCUT2D eigenvalue weighted by Gasteiger charge is -2.14. The predicted octanol–water partition coefficient (Wildman–Crippen LogP) is 6.02. The highest BCUT2D eigenvalue weighted by Crippen LogP contribution is 2.47. The maximum absolute atomic E-state index is 11.2. The van der Waals surface area contributed by atoms with Crippen molar-refractivity contribution >= 4 is 61.9 Å². The highest BCUT2D eigenvalue weighted by molar-refractivity contribution is 8.00. The number of rotatable bonds is 5. The summed E-state index contributed by atoms with van der Waals surface area (Å²) in [6, 6.07) is 16.7. The van der Waals surface area contributed by atoms with E-state index in [1.807, 2.05) is 24.3 Å². The standard InChI is InChI=1S/C19H14O2S3/c20-16(21)11-24-19(17-14-7-3-1-5-12(14)9-22-17)18-15-8-4-2-6-13(15)10-23-18/h1-10,19H,11H2,(H,20,21). The average Bonchev–Trinajstić information content (AvgIpc) is 3.20. The number of thiophene rings is 2. The van der Waals surface area contributed by atoms with Gasteiger partial charge in [0.1, 0.15) is 0 Å². The molecule has 2 heterocycles. The summed E-state index contributed by atoms with van der Waals surface area (Å²) in [4.78, 5) is 13.6. The summed E-state index contributed by atoms with van der Waals surface area (Å²) >= 11 is 4.94. The van der Waals surface area contributed by atoms with E-state index in [-0.39, 0.29) is 11.0 Å². The van der Waals surface area contributed by atoms with Gasteiger partial charge < -0.3 is 5.11 Å². The largest absolute Gasteiger partial charge is 0.481 e. The third-order valence-corrected chi connectivity index (χ3v) is 7.61. The summed E-state index contributed by atoms with van der Waals surface area (Å²) in [5.41, 5.74) is 0. The first kappa shape index (κ1) is 15.7. The number of hydrogen-bond donors (Lipinski definition) is 1. The molecule has 0 aliphatic carbocycles. The van der Waals surface area contributed by atoms with Crippen LogP contribution in [0.1, 0.15) is 15.0 Å². The van der Waals surface area contributed by atoms with Crippen molar-refractivity contribution in [2.75, 3.05) is 5.75 Å². The van der Waals surface area contributed by atoms with Crippen LogP contribution in [0.15, 0.2) is 59.3 Å². The maximum Gasteiger partial charge on any atom is 0.313 e. The van der Waals surface area contributed by atoms with Crippen molar-refractivity contribution in [3.63, 3.8) is 0 Å². The third kappa shape index (κ3) is 2.83. The van der Waals surface area contributed by atoms with E-state index in [0.717, 1.165) is 0 Å². The zero-order valence-electron chi connectivity index (χ0n) is 12.6. The first-order valence-electron chi connectivity index (χ1n) is 7.49. The topological polar surface area (TPSA) is 37.3 Å². The van der Waals surface area contributed by atoms with Gasteiger partial charge in [-0.1, -0.05) is 48.5 Å². The number of hydrogen-bond acceptors (Lipinski definition) is 4. The minimum Gasteiger partial charge on any atom is -0.481 e. The molecule has 24 heavy (non-hydrogen) atoms. The molecule has 0 amide bonds. The molecule has 2 nitrogen and oxygen atoms in total. The molecular weight excluding hydrogens is 356 g/mol. The monoisotopic (exact) mass is 370 g/mol. The van der Waals surface area contributed by atoms with Crippen molar-refractivity contribution in [3.8, 4) is 0 Å². The smallest absolute Gasteiger partial charge is 0.313 e. The molecule has 0 bridgehead atoms. The van der Waals surface area contributed by atoms with E-state index in [4.69, 9.17) is 5.11 Å². The fourth-order valence-electron chi connectivity index (χ4n) is 2.86. The molecule has 0 aliphatic rings. The van der Waals surface area contributed by atoms with Crippen LogP contribution in [0.4, 0.5) is 0 Å². The van der Waals surface area contributed by atoms with Crippen LogP contribution in [-0.2, 0) is 4.79 Å². The third-order valence-electron chi connectivity index (χ3n) is 3.93. The Morgan fingerprint density at radius 1 is 0.917 bits per heavy atom. The summed E-state index contributed by atoms with van der Waals surface area (Å²) in [5, 5.41) is 18.4. The molecule has 0 atom stereocenters. The first-order chi connectivity index (χ1) is 11.7. The number of carboxylic acids is 1. The van der Waals surface area contributed by atoms with Gasteiger partial charge in [-0.2, -0.15) is 0 Å². The zero-order valence-corrected chi connectivity index (χ0v) is 15.1. The Bertz CT molecular complexity index is 941. The molecule has 120 valence electrons. The normalized spacial score (nSPS) is 11.5. The van der Waals surface area contributed by atoms with Gasteiger partial charge in [-0.05, 0) is 32.3 Å². The molecular formula is C19H14O2S3. The number of thioether (sulfide) groups is 1. The lowest BCUT2D eigenvalue weighted by Crippen LogP contribution is -2.02. The molecule has 0 aliphatic heterocycles. The van der Waals surface area contributed by atoms with Gasteiger partial charge >= 0.3 is 5.97 Å². The van der Waals surface area contributed by atoms with Crippen LogP contribution in [0.2, 0.25) is 0 Å². The predicted molar refractivity (Wildman–Crippen MR) is 106 cm³/mol. The van der Waals surface area contributed by atoms with Crippen molar-refractivity contribution in [1.29, 1.82) is 0 Å². The lowest BCUT2D eigenvalue weighted by atomic mass is 10.1. The molecule has 5 heteroatoms. The minimum absolute atomic E-state index is 0.0518. The summed E-state index contributed by atoms with van der Waals surface area (Å²) in [7, 11) is 0. The van der Waals surface area contributed by atoms with Crippen LogP contribution in [0.25, 0.3) is 21.5 Å². The summed E-state index contributed by atoms with van der Waals surface area (Å²) < 4.78 is 0. The molecule has 4 rings (SSSR count). The second-order valence-electron chi connectivity index (χ2n) is 5.46. The fraction of sp³-hybridized carbons (Fsp3) is 0.105. The van der Waals surface area contributed by atoms with Crippen molar-refractivity contribution in [1.82, 2.24) is 0 Å². The van der Waals surface area contributed by atoms with Gasteiger partial charge in [0.2, 0.25) is 0 Å². The molecule has 0 spiro atoms. The molecule has 4 aromatic rings. The van der Waals surface area contributed by atoms with Crippen LogP contribution in [0.3, 0.4) is 0 Å². The highest BCUT2D eigenvalue weighted by Gasteiger charge is 2.23. The molecule has 1 N–H and O–H groups in total. The SMILES string of the molecule is O=C(O)CSC(c1scc2ccccc12)c1scc2ccccc12. The van der Waals surface area contributed by atoms with Crippen LogP contribution in [-0.4, -0.2) is 16.8 Å². The van der Waals surface area contributed by atoms with Crippen molar-refractivity contribution in [2.45, 2.75) is 5.25 Å². The second kappa shape index (κ2) is 6.59. The number of benzene rings is 2. The molecule has 2 aromatic carbocycles. The number of carbonyl (C=O) groups is 1. The molecule has 2 aromatic heterocycles. The van der Waals surface area contributed by atoms with Crippen molar-refractivity contribution < 1.29 is 9.90 Å². The van der Waals surface area contributed by atoms with Gasteiger partial charge in [0, 0.05) is 9.75 Å². The van der Waals surface area contributed by atoms with Crippen molar-refractivity contribution in [3.05, 3.63) is 69.0 Å². The van der Waals surface area contributed by atoms with E-state index in [9.17, 15) is 4.79 Å². The van der Waals surface area contributed by atoms with Gasteiger partial charge in [0.15, 0.2) is 0 Å². The van der Waals surface area contributed by atoms with E-state index in [0.29, 0.717) is 0 Å². The Morgan fingerprint density at radius 3 is 1.92 bits per heavy atom. The number of fused-ring (bicyclic) bond motifs is 2. The van der Waals surface area contributed by atoms with E-state index in [1.54, 1.807) is 22.7 Å². The maximum atomic E-state index is 11.2. The Labute approximate surface area is 151 Å². The van der Waals surface area contributed by atoms with Gasteiger partial charge in [-0.25, -0.2) is 0 Å². The molecule has 0 radical (unpaired) electrons. The van der Waals surface area contributed by atoms with E-state index in [2.05, 4.69) is 35.0 Å². The Balaban J connectivity index is 1.86. The van der Waals surface area contributed by atoms with Gasteiger partial charge in [0.25, 0.3) is 0 Å². The first-order valence-corrected chi connectivity index (χ1v) is 10.3. The van der Waals surface area contributed by atoms with Crippen LogP contribution in [0.5, 0.6) is 0 Å².